The average molecular weight is 382 g/mol. The second-order valence-corrected chi connectivity index (χ2v) is 8.59. The third kappa shape index (κ3) is 3.48. The number of carbonyl (C=O) groups is 1. The molecule has 0 aliphatic carbocycles. The molecule has 3 heterocycles. The molecule has 1 aromatic carbocycles. The first-order valence-electron chi connectivity index (χ1n) is 9.71. The van der Waals surface area contributed by atoms with Crippen molar-refractivity contribution in [3.8, 4) is 0 Å². The number of ether oxygens (including phenoxy) is 1. The van der Waals surface area contributed by atoms with Gasteiger partial charge in [0.15, 0.2) is 0 Å². The van der Waals surface area contributed by atoms with E-state index in [4.69, 9.17) is 4.74 Å². The van der Waals surface area contributed by atoms with Gasteiger partial charge in [-0.15, -0.1) is 0 Å². The molecule has 0 bridgehead atoms. The van der Waals surface area contributed by atoms with E-state index >= 15 is 0 Å². The van der Waals surface area contributed by atoms with Gasteiger partial charge in [0.25, 0.3) is 5.56 Å². The molecule has 1 N–H and O–H groups in total. The summed E-state index contributed by atoms with van der Waals surface area (Å²) >= 11 is 0. The van der Waals surface area contributed by atoms with E-state index in [1.807, 2.05) is 45.9 Å². The maximum absolute atomic E-state index is 12.6. The Kier molecular flexibility index (Phi) is 4.40. The van der Waals surface area contributed by atoms with Gasteiger partial charge in [-0.05, 0) is 52.7 Å². The van der Waals surface area contributed by atoms with Crippen LogP contribution in [0.4, 0.5) is 4.79 Å². The molecule has 28 heavy (non-hydrogen) atoms. The summed E-state index contributed by atoms with van der Waals surface area (Å²) in [5.74, 6) is 0.200. The molecule has 7 nitrogen and oxygen atoms in total. The van der Waals surface area contributed by atoms with Gasteiger partial charge in [-0.1, -0.05) is 11.6 Å². The number of aromatic nitrogens is 3. The summed E-state index contributed by atoms with van der Waals surface area (Å²) in [6.45, 7) is 8.87. The van der Waals surface area contributed by atoms with Gasteiger partial charge in [0.1, 0.15) is 11.2 Å². The van der Waals surface area contributed by atoms with Crippen LogP contribution in [0, 0.1) is 6.92 Å². The van der Waals surface area contributed by atoms with Gasteiger partial charge in [0, 0.05) is 36.2 Å². The first-order valence-corrected chi connectivity index (χ1v) is 9.71. The zero-order valence-electron chi connectivity index (χ0n) is 16.8. The van der Waals surface area contributed by atoms with Crippen molar-refractivity contribution in [2.24, 2.45) is 0 Å². The van der Waals surface area contributed by atoms with Crippen LogP contribution >= 0.6 is 0 Å². The van der Waals surface area contributed by atoms with Crippen LogP contribution in [-0.2, 0) is 4.74 Å². The Morgan fingerprint density at radius 1 is 1.21 bits per heavy atom. The molecule has 0 unspecified atom stereocenters. The lowest BCUT2D eigenvalue weighted by Crippen LogP contribution is -2.41. The fraction of sp³-hybridized carbons (Fsp3) is 0.476. The van der Waals surface area contributed by atoms with Crippen LogP contribution in [0.25, 0.3) is 16.6 Å². The van der Waals surface area contributed by atoms with E-state index in [2.05, 4.69) is 10.1 Å². The topological polar surface area (TPSA) is 79.7 Å². The summed E-state index contributed by atoms with van der Waals surface area (Å²) in [6, 6.07) is 7.61. The standard InChI is InChI=1S/C21H26N4O3/c1-13-5-6-16-15(11-13)19-22-17(12-18(26)25(19)23-16)14-7-9-24(10-8-14)20(27)28-21(2,3)4/h5-6,11-12,14,22H,7-10H2,1-4H3. The molecule has 0 saturated carbocycles. The molecule has 7 heteroatoms. The molecule has 148 valence electrons. The highest BCUT2D eigenvalue weighted by atomic mass is 16.6. The number of nitrogens with one attached hydrogen (secondary N) is 1. The minimum absolute atomic E-state index is 0.132. The fourth-order valence-corrected chi connectivity index (χ4v) is 3.76. The Bertz CT molecular complexity index is 1100. The van der Waals surface area contributed by atoms with Gasteiger partial charge in [-0.3, -0.25) is 4.79 Å². The van der Waals surface area contributed by atoms with Crippen LogP contribution < -0.4 is 5.56 Å². The lowest BCUT2D eigenvalue weighted by atomic mass is 9.93. The third-order valence-electron chi connectivity index (χ3n) is 5.16. The SMILES string of the molecule is Cc1ccc2nn3c(=O)cc(C4CCN(C(=O)OC(C)(C)C)CC4)[nH]c3c2c1. The van der Waals surface area contributed by atoms with Crippen LogP contribution in [0.2, 0.25) is 0 Å². The minimum Gasteiger partial charge on any atom is -0.444 e. The largest absolute Gasteiger partial charge is 0.444 e. The molecule has 0 radical (unpaired) electrons. The van der Waals surface area contributed by atoms with Gasteiger partial charge in [-0.2, -0.15) is 9.61 Å². The van der Waals surface area contributed by atoms with Gasteiger partial charge < -0.3 is 14.6 Å². The Hall–Kier alpha value is -2.83. The zero-order valence-corrected chi connectivity index (χ0v) is 16.8. The van der Waals surface area contributed by atoms with Gasteiger partial charge in [0.05, 0.1) is 5.52 Å². The lowest BCUT2D eigenvalue weighted by Gasteiger charge is -2.33. The Morgan fingerprint density at radius 2 is 1.93 bits per heavy atom. The summed E-state index contributed by atoms with van der Waals surface area (Å²) < 4.78 is 6.90. The normalized spacial score (nSPS) is 16.1. The van der Waals surface area contributed by atoms with Crippen molar-refractivity contribution in [2.75, 3.05) is 13.1 Å². The molecular formula is C21H26N4O3. The zero-order chi connectivity index (χ0) is 20.1. The number of hydrogen-bond acceptors (Lipinski definition) is 4. The van der Waals surface area contributed by atoms with Gasteiger partial charge in [0.2, 0.25) is 0 Å². The molecule has 1 amide bonds. The number of likely N-dealkylation sites (tertiary alicyclic amines) is 1. The maximum atomic E-state index is 12.6. The number of aromatic amines is 1. The monoisotopic (exact) mass is 382 g/mol. The van der Waals surface area contributed by atoms with E-state index in [0.29, 0.717) is 13.1 Å². The van der Waals surface area contributed by atoms with E-state index in [9.17, 15) is 9.59 Å². The molecule has 4 rings (SSSR count). The third-order valence-corrected chi connectivity index (χ3v) is 5.16. The number of H-pyrrole nitrogens is 1. The predicted molar refractivity (Wildman–Crippen MR) is 108 cm³/mol. The van der Waals surface area contributed by atoms with E-state index in [1.54, 1.807) is 11.0 Å². The van der Waals surface area contributed by atoms with Crippen LogP contribution in [-0.4, -0.2) is 44.3 Å². The summed E-state index contributed by atoms with van der Waals surface area (Å²) in [6.07, 6.45) is 1.31. The average Bonchev–Trinajstić information content (AvgIpc) is 2.99. The number of hydrogen-bond donors (Lipinski definition) is 1. The van der Waals surface area contributed by atoms with Crippen molar-refractivity contribution < 1.29 is 9.53 Å². The summed E-state index contributed by atoms with van der Waals surface area (Å²) in [4.78, 5) is 30.1. The number of nitrogens with zero attached hydrogens (tertiary/aromatic N) is 3. The summed E-state index contributed by atoms with van der Waals surface area (Å²) in [5, 5.41) is 5.36. The van der Waals surface area contributed by atoms with E-state index in [0.717, 1.165) is 40.6 Å². The number of benzene rings is 1. The minimum atomic E-state index is -0.495. The quantitative estimate of drug-likeness (QED) is 0.697. The maximum Gasteiger partial charge on any atom is 0.410 e. The molecule has 1 aliphatic heterocycles. The van der Waals surface area contributed by atoms with Crippen LogP contribution in [0.5, 0.6) is 0 Å². The second-order valence-electron chi connectivity index (χ2n) is 8.59. The molecule has 1 fully saturated rings. The van der Waals surface area contributed by atoms with Crippen LogP contribution in [0.1, 0.15) is 50.8 Å². The highest BCUT2D eigenvalue weighted by Gasteiger charge is 2.28. The smallest absolute Gasteiger partial charge is 0.410 e. The Labute approximate surface area is 163 Å². The van der Waals surface area contributed by atoms with Crippen molar-refractivity contribution in [2.45, 2.75) is 52.1 Å². The number of piperidine rings is 1. The summed E-state index contributed by atoms with van der Waals surface area (Å²) in [5.41, 5.74) is 2.94. The fourth-order valence-electron chi connectivity index (χ4n) is 3.76. The summed E-state index contributed by atoms with van der Waals surface area (Å²) in [7, 11) is 0. The number of fused-ring (bicyclic) bond motifs is 3. The lowest BCUT2D eigenvalue weighted by molar-refractivity contribution is 0.0204. The van der Waals surface area contributed by atoms with E-state index < -0.39 is 5.60 Å². The van der Waals surface area contributed by atoms with Crippen LogP contribution in [0.15, 0.2) is 29.1 Å². The highest BCUT2D eigenvalue weighted by Crippen LogP contribution is 2.28. The number of aryl methyl sites for hydroxylation is 1. The molecular weight excluding hydrogens is 356 g/mol. The number of amides is 1. The van der Waals surface area contributed by atoms with Crippen molar-refractivity contribution >= 4 is 22.6 Å². The first kappa shape index (κ1) is 18.5. The van der Waals surface area contributed by atoms with Crippen LogP contribution in [0.3, 0.4) is 0 Å². The van der Waals surface area contributed by atoms with E-state index in [-0.39, 0.29) is 17.6 Å². The predicted octanol–water partition coefficient (Wildman–Crippen LogP) is 3.60. The Morgan fingerprint density at radius 3 is 2.61 bits per heavy atom. The number of carbonyl (C=O) groups excluding carboxylic acids is 1. The van der Waals surface area contributed by atoms with E-state index in [1.165, 1.54) is 4.52 Å². The molecule has 0 atom stereocenters. The highest BCUT2D eigenvalue weighted by molar-refractivity contribution is 5.92. The second kappa shape index (κ2) is 6.65. The molecule has 3 aromatic rings. The first-order chi connectivity index (χ1) is 13.2. The molecule has 1 saturated heterocycles. The molecule has 0 spiro atoms. The Balaban J connectivity index is 1.59. The molecule has 1 aliphatic rings. The van der Waals surface area contributed by atoms with Gasteiger partial charge in [-0.25, -0.2) is 4.79 Å². The van der Waals surface area contributed by atoms with Crippen molar-refractivity contribution in [1.82, 2.24) is 19.5 Å². The van der Waals surface area contributed by atoms with Crippen molar-refractivity contribution in [3.05, 3.63) is 45.9 Å². The van der Waals surface area contributed by atoms with Crippen molar-refractivity contribution in [1.29, 1.82) is 0 Å². The van der Waals surface area contributed by atoms with Gasteiger partial charge >= 0.3 is 6.09 Å². The molecule has 2 aromatic heterocycles. The van der Waals surface area contributed by atoms with Crippen molar-refractivity contribution in [3.63, 3.8) is 0 Å². The number of rotatable bonds is 1.